The van der Waals surface area contributed by atoms with E-state index in [4.69, 9.17) is 0 Å². The minimum absolute atomic E-state index is 0.0344. The van der Waals surface area contributed by atoms with Gasteiger partial charge in [0.15, 0.2) is 0 Å². The largest absolute Gasteiger partial charge is 0.353 e. The summed E-state index contributed by atoms with van der Waals surface area (Å²) >= 11 is 0. The predicted octanol–water partition coefficient (Wildman–Crippen LogP) is 1.80. The van der Waals surface area contributed by atoms with Crippen LogP contribution in [0.5, 0.6) is 0 Å². The Morgan fingerprint density at radius 1 is 1.14 bits per heavy atom. The zero-order valence-electron chi connectivity index (χ0n) is 8.84. The minimum atomic E-state index is 0.0344. The van der Waals surface area contributed by atoms with Crippen LogP contribution < -0.4 is 5.32 Å². The maximum Gasteiger partial charge on any atom is 0.220 e. The van der Waals surface area contributed by atoms with Crippen molar-refractivity contribution in [2.75, 3.05) is 0 Å². The highest BCUT2D eigenvalue weighted by molar-refractivity contribution is 5.83. The van der Waals surface area contributed by atoms with Gasteiger partial charge in [-0.1, -0.05) is 19.3 Å². The monoisotopic (exact) mass is 197 g/mol. The van der Waals surface area contributed by atoms with Crippen molar-refractivity contribution in [3.63, 3.8) is 0 Å². The van der Waals surface area contributed by atoms with Gasteiger partial charge in [0.1, 0.15) is 5.78 Å². The number of rotatable bonds is 4. The Hall–Kier alpha value is -0.860. The third-order valence-corrected chi connectivity index (χ3v) is 2.67. The van der Waals surface area contributed by atoms with Crippen molar-refractivity contribution in [2.45, 2.75) is 57.9 Å². The van der Waals surface area contributed by atoms with Crippen LogP contribution in [0.4, 0.5) is 0 Å². The normalized spacial score (nSPS) is 17.8. The van der Waals surface area contributed by atoms with E-state index < -0.39 is 0 Å². The molecule has 0 unspecified atom stereocenters. The van der Waals surface area contributed by atoms with E-state index in [-0.39, 0.29) is 11.7 Å². The third-order valence-electron chi connectivity index (χ3n) is 2.67. The summed E-state index contributed by atoms with van der Waals surface area (Å²) < 4.78 is 0. The summed E-state index contributed by atoms with van der Waals surface area (Å²) in [7, 11) is 0. The molecule has 0 aromatic rings. The molecule has 0 aromatic heterocycles. The highest BCUT2D eigenvalue weighted by Gasteiger charge is 2.15. The predicted molar refractivity (Wildman–Crippen MR) is 54.9 cm³/mol. The zero-order chi connectivity index (χ0) is 10.4. The highest BCUT2D eigenvalue weighted by atomic mass is 16.2. The van der Waals surface area contributed by atoms with Crippen LogP contribution in [0.25, 0.3) is 0 Å². The first kappa shape index (κ1) is 11.2. The van der Waals surface area contributed by atoms with Gasteiger partial charge >= 0.3 is 0 Å². The Balaban J connectivity index is 2.15. The van der Waals surface area contributed by atoms with Crippen LogP contribution in [0.2, 0.25) is 0 Å². The Labute approximate surface area is 85.3 Å². The Morgan fingerprint density at radius 2 is 1.79 bits per heavy atom. The lowest BCUT2D eigenvalue weighted by atomic mass is 9.95. The molecule has 1 saturated carbocycles. The van der Waals surface area contributed by atoms with E-state index in [9.17, 15) is 9.59 Å². The van der Waals surface area contributed by atoms with Crippen LogP contribution in [0.15, 0.2) is 0 Å². The molecule has 0 radical (unpaired) electrons. The van der Waals surface area contributed by atoms with Crippen LogP contribution >= 0.6 is 0 Å². The lowest BCUT2D eigenvalue weighted by molar-refractivity contribution is -0.125. The molecule has 1 amide bonds. The van der Waals surface area contributed by atoms with E-state index in [0.29, 0.717) is 18.9 Å². The number of amides is 1. The molecule has 0 bridgehead atoms. The standard InChI is InChI=1S/C11H19NO2/c1-9(13)7-8-11(14)12-10-5-3-2-4-6-10/h10H,2-8H2,1H3,(H,12,14). The van der Waals surface area contributed by atoms with Crippen molar-refractivity contribution in [3.8, 4) is 0 Å². The minimum Gasteiger partial charge on any atom is -0.353 e. The lowest BCUT2D eigenvalue weighted by Gasteiger charge is -2.22. The fraction of sp³-hybridized carbons (Fsp3) is 0.818. The smallest absolute Gasteiger partial charge is 0.220 e. The van der Waals surface area contributed by atoms with Crippen LogP contribution in [0.1, 0.15) is 51.9 Å². The van der Waals surface area contributed by atoms with Gasteiger partial charge in [-0.2, -0.15) is 0 Å². The molecule has 3 heteroatoms. The van der Waals surface area contributed by atoms with Crippen molar-refractivity contribution in [1.82, 2.24) is 5.32 Å². The summed E-state index contributed by atoms with van der Waals surface area (Å²) in [5.74, 6) is 0.121. The van der Waals surface area contributed by atoms with Gasteiger partial charge in [-0.15, -0.1) is 0 Å². The first-order chi connectivity index (χ1) is 6.68. The average Bonchev–Trinajstić information content (AvgIpc) is 2.16. The Morgan fingerprint density at radius 3 is 2.36 bits per heavy atom. The number of Topliss-reactive ketones (excluding diaryl/α,β-unsaturated/α-hetero) is 1. The van der Waals surface area contributed by atoms with Crippen molar-refractivity contribution in [2.24, 2.45) is 0 Å². The second kappa shape index (κ2) is 5.78. The first-order valence-electron chi connectivity index (χ1n) is 5.47. The van der Waals surface area contributed by atoms with Crippen molar-refractivity contribution in [3.05, 3.63) is 0 Å². The molecule has 0 heterocycles. The molecular formula is C11H19NO2. The van der Waals surface area contributed by atoms with Gasteiger partial charge in [-0.3, -0.25) is 4.79 Å². The molecule has 1 rings (SSSR count). The van der Waals surface area contributed by atoms with Gasteiger partial charge in [0.2, 0.25) is 5.91 Å². The van der Waals surface area contributed by atoms with Gasteiger partial charge in [-0.25, -0.2) is 0 Å². The fourth-order valence-corrected chi connectivity index (χ4v) is 1.84. The molecule has 1 aliphatic carbocycles. The molecule has 0 aromatic carbocycles. The molecule has 0 spiro atoms. The summed E-state index contributed by atoms with van der Waals surface area (Å²) in [6.45, 7) is 1.52. The van der Waals surface area contributed by atoms with Crippen molar-refractivity contribution in [1.29, 1.82) is 0 Å². The van der Waals surface area contributed by atoms with Gasteiger partial charge in [0.05, 0.1) is 0 Å². The molecule has 80 valence electrons. The summed E-state index contributed by atoms with van der Waals surface area (Å²) in [6, 6.07) is 0.364. The van der Waals surface area contributed by atoms with E-state index >= 15 is 0 Å². The Bertz CT molecular complexity index is 207. The molecular weight excluding hydrogens is 178 g/mol. The van der Waals surface area contributed by atoms with E-state index in [1.807, 2.05) is 0 Å². The van der Waals surface area contributed by atoms with E-state index in [2.05, 4.69) is 5.32 Å². The van der Waals surface area contributed by atoms with E-state index in [1.165, 1.54) is 26.2 Å². The number of carbonyl (C=O) groups excluding carboxylic acids is 2. The molecule has 1 fully saturated rings. The molecule has 0 atom stereocenters. The van der Waals surface area contributed by atoms with E-state index in [0.717, 1.165) is 12.8 Å². The van der Waals surface area contributed by atoms with Gasteiger partial charge < -0.3 is 10.1 Å². The van der Waals surface area contributed by atoms with Crippen LogP contribution in [-0.2, 0) is 9.59 Å². The summed E-state index contributed by atoms with van der Waals surface area (Å²) in [4.78, 5) is 22.0. The molecule has 0 saturated heterocycles. The SMILES string of the molecule is CC(=O)CCC(=O)NC1CCCCC1. The third kappa shape index (κ3) is 4.40. The number of nitrogens with one attached hydrogen (secondary N) is 1. The summed E-state index contributed by atoms with van der Waals surface area (Å²) in [5.41, 5.74) is 0. The number of hydrogen-bond acceptors (Lipinski definition) is 2. The zero-order valence-corrected chi connectivity index (χ0v) is 8.84. The summed E-state index contributed by atoms with van der Waals surface area (Å²) in [5, 5.41) is 2.98. The number of ketones is 1. The number of carbonyl (C=O) groups is 2. The van der Waals surface area contributed by atoms with Crippen LogP contribution in [-0.4, -0.2) is 17.7 Å². The first-order valence-corrected chi connectivity index (χ1v) is 5.47. The van der Waals surface area contributed by atoms with Gasteiger partial charge in [-0.05, 0) is 19.8 Å². The summed E-state index contributed by atoms with van der Waals surface area (Å²) in [6.07, 6.45) is 6.66. The quantitative estimate of drug-likeness (QED) is 0.747. The molecule has 1 N–H and O–H groups in total. The molecule has 3 nitrogen and oxygen atoms in total. The topological polar surface area (TPSA) is 46.2 Å². The van der Waals surface area contributed by atoms with E-state index in [1.54, 1.807) is 0 Å². The molecule has 0 aliphatic heterocycles. The van der Waals surface area contributed by atoms with Crippen molar-refractivity contribution >= 4 is 11.7 Å². The lowest BCUT2D eigenvalue weighted by Crippen LogP contribution is -2.36. The van der Waals surface area contributed by atoms with Crippen LogP contribution in [0.3, 0.4) is 0 Å². The maximum atomic E-state index is 11.4. The molecule has 1 aliphatic rings. The average molecular weight is 197 g/mol. The second-order valence-corrected chi connectivity index (χ2v) is 4.10. The highest BCUT2D eigenvalue weighted by Crippen LogP contribution is 2.17. The van der Waals surface area contributed by atoms with Crippen molar-refractivity contribution < 1.29 is 9.59 Å². The second-order valence-electron chi connectivity index (χ2n) is 4.10. The van der Waals surface area contributed by atoms with Crippen LogP contribution in [0, 0.1) is 0 Å². The van der Waals surface area contributed by atoms with Gasteiger partial charge in [0.25, 0.3) is 0 Å². The number of hydrogen-bond donors (Lipinski definition) is 1. The maximum absolute atomic E-state index is 11.4. The fourth-order valence-electron chi connectivity index (χ4n) is 1.84. The van der Waals surface area contributed by atoms with Gasteiger partial charge in [0, 0.05) is 18.9 Å². The molecule has 14 heavy (non-hydrogen) atoms. The Kier molecular flexibility index (Phi) is 4.63.